The molecule has 0 spiro atoms. The molecule has 0 aliphatic heterocycles. The Bertz CT molecular complexity index is 543. The summed E-state index contributed by atoms with van der Waals surface area (Å²) in [6.45, 7) is 0. The van der Waals surface area contributed by atoms with E-state index >= 15 is 0 Å². The molecule has 1 heterocycles. The predicted octanol–water partition coefficient (Wildman–Crippen LogP) is 3.73. The molecule has 1 aromatic carbocycles. The lowest BCUT2D eigenvalue weighted by Crippen LogP contribution is -2.17. The first kappa shape index (κ1) is 14.2. The van der Waals surface area contributed by atoms with Gasteiger partial charge in [-0.3, -0.25) is 0 Å². The Morgan fingerprint density at radius 1 is 1.21 bits per heavy atom. The highest BCUT2D eigenvalue weighted by molar-refractivity contribution is 7.08. The number of halogens is 1. The van der Waals surface area contributed by atoms with Crippen molar-refractivity contribution in [1.82, 2.24) is 5.32 Å². The van der Waals surface area contributed by atoms with Gasteiger partial charge in [0.05, 0.1) is 20.3 Å². The fourth-order valence-corrected chi connectivity index (χ4v) is 2.98. The van der Waals surface area contributed by atoms with Crippen molar-refractivity contribution >= 4 is 22.9 Å². The van der Waals surface area contributed by atoms with E-state index in [-0.39, 0.29) is 6.04 Å². The number of benzene rings is 1. The fourth-order valence-electron chi connectivity index (χ4n) is 2.03. The molecule has 0 aliphatic rings. The molecule has 2 aromatic rings. The average molecular weight is 298 g/mol. The molecule has 0 aliphatic carbocycles. The number of hydrogen-bond donors (Lipinski definition) is 1. The zero-order valence-electron chi connectivity index (χ0n) is 11.1. The summed E-state index contributed by atoms with van der Waals surface area (Å²) >= 11 is 8.02. The van der Waals surface area contributed by atoms with Crippen LogP contribution in [0.25, 0.3) is 0 Å². The first-order chi connectivity index (χ1) is 9.21. The van der Waals surface area contributed by atoms with Crippen molar-refractivity contribution in [3.05, 3.63) is 45.1 Å². The molecule has 5 heteroatoms. The van der Waals surface area contributed by atoms with E-state index in [0.29, 0.717) is 16.5 Å². The highest BCUT2D eigenvalue weighted by atomic mass is 35.5. The van der Waals surface area contributed by atoms with E-state index in [9.17, 15) is 0 Å². The third-order valence-electron chi connectivity index (χ3n) is 2.98. The maximum Gasteiger partial charge on any atom is 0.162 e. The third kappa shape index (κ3) is 2.86. The van der Waals surface area contributed by atoms with Crippen LogP contribution >= 0.6 is 22.9 Å². The van der Waals surface area contributed by atoms with E-state index in [1.165, 1.54) is 5.56 Å². The quantitative estimate of drug-likeness (QED) is 0.912. The molecular formula is C14H16ClNO2S. The summed E-state index contributed by atoms with van der Waals surface area (Å²) in [5.41, 5.74) is 2.15. The lowest BCUT2D eigenvalue weighted by molar-refractivity contribution is 0.354. The Kier molecular flexibility index (Phi) is 4.69. The van der Waals surface area contributed by atoms with Crippen molar-refractivity contribution in [2.45, 2.75) is 6.04 Å². The molecule has 3 nitrogen and oxygen atoms in total. The number of thiophene rings is 1. The molecule has 0 saturated heterocycles. The van der Waals surface area contributed by atoms with E-state index in [4.69, 9.17) is 21.1 Å². The van der Waals surface area contributed by atoms with Crippen LogP contribution in [-0.4, -0.2) is 21.3 Å². The van der Waals surface area contributed by atoms with Crippen molar-refractivity contribution in [1.29, 1.82) is 0 Å². The van der Waals surface area contributed by atoms with Gasteiger partial charge in [-0.2, -0.15) is 11.3 Å². The maximum absolute atomic E-state index is 6.36. The smallest absolute Gasteiger partial charge is 0.162 e. The predicted molar refractivity (Wildman–Crippen MR) is 79.8 cm³/mol. The molecule has 0 amide bonds. The molecule has 0 fully saturated rings. The number of ether oxygens (including phenoxy) is 2. The summed E-state index contributed by atoms with van der Waals surface area (Å²) in [5.74, 6) is 1.31. The minimum Gasteiger partial charge on any atom is -0.493 e. The second kappa shape index (κ2) is 6.28. The zero-order chi connectivity index (χ0) is 13.8. The molecule has 102 valence electrons. The summed E-state index contributed by atoms with van der Waals surface area (Å²) in [4.78, 5) is 0. The van der Waals surface area contributed by atoms with Crippen LogP contribution in [0.2, 0.25) is 5.02 Å². The Hall–Kier alpha value is -1.23. The Labute approximate surface area is 122 Å². The van der Waals surface area contributed by atoms with Gasteiger partial charge in [-0.1, -0.05) is 11.6 Å². The highest BCUT2D eigenvalue weighted by Crippen LogP contribution is 2.37. The molecule has 0 radical (unpaired) electrons. The standard InChI is InChI=1S/C14H16ClNO2S/c1-16-14(9-4-5-19-8-9)10-6-12(17-2)13(18-3)7-11(10)15/h4-8,14,16H,1-3H3. The lowest BCUT2D eigenvalue weighted by Gasteiger charge is -2.19. The molecule has 1 aromatic heterocycles. The van der Waals surface area contributed by atoms with Gasteiger partial charge in [0.1, 0.15) is 0 Å². The first-order valence-electron chi connectivity index (χ1n) is 5.82. The molecular weight excluding hydrogens is 282 g/mol. The van der Waals surface area contributed by atoms with Crippen molar-refractivity contribution in [3.63, 3.8) is 0 Å². The maximum atomic E-state index is 6.36. The summed E-state index contributed by atoms with van der Waals surface area (Å²) in [7, 11) is 5.13. The van der Waals surface area contributed by atoms with Crippen LogP contribution < -0.4 is 14.8 Å². The van der Waals surface area contributed by atoms with Gasteiger partial charge >= 0.3 is 0 Å². The van der Waals surface area contributed by atoms with Crippen molar-refractivity contribution in [2.24, 2.45) is 0 Å². The van der Waals surface area contributed by atoms with Gasteiger partial charge in [0.2, 0.25) is 0 Å². The second-order valence-corrected chi connectivity index (χ2v) is 5.19. The number of nitrogens with one attached hydrogen (secondary N) is 1. The summed E-state index contributed by atoms with van der Waals surface area (Å²) in [5, 5.41) is 8.09. The summed E-state index contributed by atoms with van der Waals surface area (Å²) < 4.78 is 10.6. The third-order valence-corrected chi connectivity index (χ3v) is 4.01. The average Bonchev–Trinajstić information content (AvgIpc) is 2.94. The molecule has 1 N–H and O–H groups in total. The first-order valence-corrected chi connectivity index (χ1v) is 7.14. The van der Waals surface area contributed by atoms with Gasteiger partial charge in [0.15, 0.2) is 11.5 Å². The number of methoxy groups -OCH3 is 2. The highest BCUT2D eigenvalue weighted by Gasteiger charge is 2.19. The summed E-state index contributed by atoms with van der Waals surface area (Å²) in [6.07, 6.45) is 0. The zero-order valence-corrected chi connectivity index (χ0v) is 12.6. The monoisotopic (exact) mass is 297 g/mol. The topological polar surface area (TPSA) is 30.5 Å². The van der Waals surface area contributed by atoms with Crippen molar-refractivity contribution in [3.8, 4) is 11.5 Å². The minimum atomic E-state index is 0.0403. The van der Waals surface area contributed by atoms with Crippen LogP contribution in [0, 0.1) is 0 Å². The van der Waals surface area contributed by atoms with Gasteiger partial charge in [-0.15, -0.1) is 0 Å². The molecule has 0 saturated carbocycles. The van der Waals surface area contributed by atoms with Crippen molar-refractivity contribution in [2.75, 3.05) is 21.3 Å². The van der Waals surface area contributed by atoms with E-state index in [1.807, 2.05) is 18.5 Å². The summed E-state index contributed by atoms with van der Waals surface area (Å²) in [6, 6.07) is 5.82. The van der Waals surface area contributed by atoms with Crippen LogP contribution in [-0.2, 0) is 0 Å². The molecule has 0 bridgehead atoms. The largest absolute Gasteiger partial charge is 0.493 e. The van der Waals surface area contributed by atoms with Crippen LogP contribution in [0.4, 0.5) is 0 Å². The van der Waals surface area contributed by atoms with Gasteiger partial charge in [-0.25, -0.2) is 0 Å². The van der Waals surface area contributed by atoms with Crippen LogP contribution in [0.5, 0.6) is 11.5 Å². The molecule has 1 unspecified atom stereocenters. The minimum absolute atomic E-state index is 0.0403. The molecule has 19 heavy (non-hydrogen) atoms. The van der Waals surface area contributed by atoms with E-state index < -0.39 is 0 Å². The van der Waals surface area contributed by atoms with Gasteiger partial charge < -0.3 is 14.8 Å². The van der Waals surface area contributed by atoms with Gasteiger partial charge in [-0.05, 0) is 41.1 Å². The SMILES string of the molecule is CNC(c1ccsc1)c1cc(OC)c(OC)cc1Cl. The Morgan fingerprint density at radius 2 is 1.89 bits per heavy atom. The van der Waals surface area contributed by atoms with Crippen LogP contribution in [0.1, 0.15) is 17.2 Å². The number of hydrogen-bond acceptors (Lipinski definition) is 4. The Morgan fingerprint density at radius 3 is 2.42 bits per heavy atom. The van der Waals surface area contributed by atoms with Crippen LogP contribution in [0.15, 0.2) is 29.0 Å². The molecule has 2 rings (SSSR count). The van der Waals surface area contributed by atoms with Crippen LogP contribution in [0.3, 0.4) is 0 Å². The normalized spacial score (nSPS) is 12.2. The number of rotatable bonds is 5. The van der Waals surface area contributed by atoms with E-state index in [0.717, 1.165) is 5.56 Å². The Balaban J connectivity index is 2.48. The second-order valence-electron chi connectivity index (χ2n) is 4.01. The molecule has 1 atom stereocenters. The van der Waals surface area contributed by atoms with Crippen molar-refractivity contribution < 1.29 is 9.47 Å². The fraction of sp³-hybridized carbons (Fsp3) is 0.286. The van der Waals surface area contributed by atoms with E-state index in [1.54, 1.807) is 31.6 Å². The van der Waals surface area contributed by atoms with Gasteiger partial charge in [0.25, 0.3) is 0 Å². The van der Waals surface area contributed by atoms with Gasteiger partial charge in [0, 0.05) is 11.1 Å². The lowest BCUT2D eigenvalue weighted by atomic mass is 10.0. The van der Waals surface area contributed by atoms with E-state index in [2.05, 4.69) is 16.8 Å².